The molecule has 1 aromatic rings. The maximum absolute atomic E-state index is 5.55. The number of allylic oxidation sites excluding steroid dienone is 9. The Morgan fingerprint density at radius 1 is 1.36 bits per heavy atom. The van der Waals surface area contributed by atoms with Crippen molar-refractivity contribution < 1.29 is 0 Å². The molecule has 1 saturated heterocycles. The Kier molecular flexibility index (Phi) is 5.49. The van der Waals surface area contributed by atoms with Crippen LogP contribution >= 0.6 is 0 Å². The third-order valence-corrected chi connectivity index (χ3v) is 6.22. The van der Waals surface area contributed by atoms with Crippen LogP contribution in [0.3, 0.4) is 0 Å². The van der Waals surface area contributed by atoms with Gasteiger partial charge in [0.1, 0.15) is 0 Å². The van der Waals surface area contributed by atoms with Gasteiger partial charge >= 0.3 is 0 Å². The van der Waals surface area contributed by atoms with Crippen molar-refractivity contribution in [2.45, 2.75) is 32.2 Å². The van der Waals surface area contributed by atoms with Crippen molar-refractivity contribution in [2.75, 3.05) is 19.6 Å². The van der Waals surface area contributed by atoms with E-state index in [4.69, 9.17) is 5.73 Å². The van der Waals surface area contributed by atoms with Crippen LogP contribution in [-0.4, -0.2) is 34.1 Å². The summed E-state index contributed by atoms with van der Waals surface area (Å²) in [5.74, 6) is 0.629. The van der Waals surface area contributed by atoms with E-state index in [1.165, 1.54) is 41.0 Å². The number of rotatable bonds is 5. The van der Waals surface area contributed by atoms with E-state index in [9.17, 15) is 0 Å². The van der Waals surface area contributed by atoms with Crippen molar-refractivity contribution in [3.63, 3.8) is 0 Å². The van der Waals surface area contributed by atoms with Crippen molar-refractivity contribution in [3.05, 3.63) is 84.2 Å². The van der Waals surface area contributed by atoms with Gasteiger partial charge in [-0.3, -0.25) is 0 Å². The van der Waals surface area contributed by atoms with E-state index >= 15 is 0 Å². The Labute approximate surface area is 168 Å². The Morgan fingerprint density at radius 3 is 2.93 bits per heavy atom. The molecule has 2 aliphatic heterocycles. The molecule has 1 aromatic heterocycles. The summed E-state index contributed by atoms with van der Waals surface area (Å²) in [6, 6.07) is 0.416. The van der Waals surface area contributed by atoms with E-state index < -0.39 is 0 Å². The molecule has 0 bridgehead atoms. The SMILES string of the molecule is C=C/C(=C\C=C/CN)N1CCC(C2C3=C(CC=CC=C3C)c3cncn32)CC1. The molecule has 146 valence electrons. The first-order chi connectivity index (χ1) is 13.7. The van der Waals surface area contributed by atoms with E-state index in [2.05, 4.69) is 52.3 Å². The van der Waals surface area contributed by atoms with Gasteiger partial charge in [0, 0.05) is 25.3 Å². The predicted molar refractivity (Wildman–Crippen MR) is 116 cm³/mol. The molecule has 1 fully saturated rings. The molecule has 1 aliphatic carbocycles. The third kappa shape index (κ3) is 3.33. The van der Waals surface area contributed by atoms with Crippen LogP contribution in [0.4, 0.5) is 0 Å². The fourth-order valence-corrected chi connectivity index (χ4v) is 4.87. The second-order valence-corrected chi connectivity index (χ2v) is 7.79. The highest BCUT2D eigenvalue weighted by molar-refractivity contribution is 5.76. The standard InChI is InChI=1S/C24H30N4/c1-3-20(9-6-7-13-25)27-14-11-19(12-15-27)24-23-18(2)8-4-5-10-21(23)22-16-26-17-28(22)24/h3-9,16-17,19,24H,1,10-15,25H2,2H3/b7-6-,20-9+. The lowest BCUT2D eigenvalue weighted by Gasteiger charge is -2.38. The van der Waals surface area contributed by atoms with Crippen LogP contribution in [0.15, 0.2) is 78.5 Å². The second-order valence-electron chi connectivity index (χ2n) is 7.79. The predicted octanol–water partition coefficient (Wildman–Crippen LogP) is 4.39. The molecule has 4 nitrogen and oxygen atoms in total. The lowest BCUT2D eigenvalue weighted by molar-refractivity contribution is 0.198. The zero-order chi connectivity index (χ0) is 19.5. The minimum Gasteiger partial charge on any atom is -0.372 e. The summed E-state index contributed by atoms with van der Waals surface area (Å²) in [7, 11) is 0. The topological polar surface area (TPSA) is 47.1 Å². The molecule has 1 atom stereocenters. The minimum absolute atomic E-state index is 0.416. The number of fused-ring (bicyclic) bond motifs is 2. The van der Waals surface area contributed by atoms with Crippen molar-refractivity contribution in [1.82, 2.24) is 14.5 Å². The van der Waals surface area contributed by atoms with E-state index in [-0.39, 0.29) is 0 Å². The number of likely N-dealkylation sites (tertiary alicyclic amines) is 1. The highest BCUT2D eigenvalue weighted by Gasteiger charge is 2.38. The van der Waals surface area contributed by atoms with Crippen LogP contribution < -0.4 is 5.73 Å². The smallest absolute Gasteiger partial charge is 0.0956 e. The average molecular weight is 375 g/mol. The number of nitrogens with zero attached hydrogens (tertiary/aromatic N) is 3. The molecule has 4 heteroatoms. The summed E-state index contributed by atoms with van der Waals surface area (Å²) >= 11 is 0. The van der Waals surface area contributed by atoms with Crippen LogP contribution in [0, 0.1) is 5.92 Å². The van der Waals surface area contributed by atoms with Crippen LogP contribution in [0.1, 0.15) is 37.9 Å². The molecule has 3 heterocycles. The van der Waals surface area contributed by atoms with Crippen molar-refractivity contribution in [1.29, 1.82) is 0 Å². The van der Waals surface area contributed by atoms with Crippen molar-refractivity contribution >= 4 is 5.57 Å². The fraction of sp³-hybridized carbons (Fsp3) is 0.375. The van der Waals surface area contributed by atoms with E-state index in [0.717, 1.165) is 19.5 Å². The molecule has 0 radical (unpaired) electrons. The van der Waals surface area contributed by atoms with E-state index in [1.54, 1.807) is 0 Å². The Bertz CT molecular complexity index is 885. The monoisotopic (exact) mass is 374 g/mol. The number of imidazole rings is 1. The average Bonchev–Trinajstić information content (AvgIpc) is 3.24. The first-order valence-electron chi connectivity index (χ1n) is 10.3. The fourth-order valence-electron chi connectivity index (χ4n) is 4.87. The molecule has 4 rings (SSSR count). The van der Waals surface area contributed by atoms with Crippen molar-refractivity contribution in [3.8, 4) is 0 Å². The molecule has 0 aromatic carbocycles. The van der Waals surface area contributed by atoms with E-state index in [1.807, 2.05) is 30.8 Å². The Morgan fingerprint density at radius 2 is 2.18 bits per heavy atom. The zero-order valence-corrected chi connectivity index (χ0v) is 16.7. The van der Waals surface area contributed by atoms with Crippen LogP contribution in [0.5, 0.6) is 0 Å². The third-order valence-electron chi connectivity index (χ3n) is 6.22. The zero-order valence-electron chi connectivity index (χ0n) is 16.7. The van der Waals surface area contributed by atoms with Gasteiger partial charge in [-0.1, -0.05) is 37.0 Å². The largest absolute Gasteiger partial charge is 0.372 e. The van der Waals surface area contributed by atoms with Crippen LogP contribution in [-0.2, 0) is 0 Å². The van der Waals surface area contributed by atoms with Gasteiger partial charge in [-0.25, -0.2) is 4.98 Å². The van der Waals surface area contributed by atoms with Gasteiger partial charge in [0.25, 0.3) is 0 Å². The summed E-state index contributed by atoms with van der Waals surface area (Å²) in [5.41, 5.74) is 12.4. The first-order valence-corrected chi connectivity index (χ1v) is 10.3. The number of piperidine rings is 1. The van der Waals surface area contributed by atoms with Gasteiger partial charge in [0.05, 0.1) is 24.3 Å². The second kappa shape index (κ2) is 8.19. The Balaban J connectivity index is 1.55. The van der Waals surface area contributed by atoms with E-state index in [0.29, 0.717) is 18.5 Å². The molecule has 0 amide bonds. The minimum atomic E-state index is 0.416. The quantitative estimate of drug-likeness (QED) is 0.778. The van der Waals surface area contributed by atoms with Gasteiger partial charge in [0.15, 0.2) is 0 Å². The number of nitrogens with two attached hydrogens (primary N) is 1. The lowest BCUT2D eigenvalue weighted by atomic mass is 9.82. The van der Waals surface area contributed by atoms with Crippen LogP contribution in [0.2, 0.25) is 0 Å². The molecular formula is C24H30N4. The first kappa shape index (κ1) is 18.8. The molecule has 0 spiro atoms. The van der Waals surface area contributed by atoms with Gasteiger partial charge in [-0.15, -0.1) is 0 Å². The highest BCUT2D eigenvalue weighted by atomic mass is 15.2. The van der Waals surface area contributed by atoms with Gasteiger partial charge in [-0.05, 0) is 61.0 Å². The molecule has 3 aliphatic rings. The molecule has 0 saturated carbocycles. The molecule has 1 unspecified atom stereocenters. The van der Waals surface area contributed by atoms with Crippen LogP contribution in [0.25, 0.3) is 5.57 Å². The maximum atomic E-state index is 5.55. The Hall–Kier alpha value is -2.59. The molecular weight excluding hydrogens is 344 g/mol. The van der Waals surface area contributed by atoms with Crippen molar-refractivity contribution in [2.24, 2.45) is 11.7 Å². The van der Waals surface area contributed by atoms with Gasteiger partial charge < -0.3 is 15.2 Å². The summed E-state index contributed by atoms with van der Waals surface area (Å²) in [5, 5.41) is 0. The molecule has 2 N–H and O–H groups in total. The summed E-state index contributed by atoms with van der Waals surface area (Å²) < 4.78 is 2.43. The highest BCUT2D eigenvalue weighted by Crippen LogP contribution is 2.48. The number of aromatic nitrogens is 2. The van der Waals surface area contributed by atoms with Gasteiger partial charge in [0.2, 0.25) is 0 Å². The summed E-state index contributed by atoms with van der Waals surface area (Å²) in [6.45, 7) is 8.94. The molecule has 28 heavy (non-hydrogen) atoms. The lowest BCUT2D eigenvalue weighted by Crippen LogP contribution is -2.36. The number of hydrogen-bond acceptors (Lipinski definition) is 3. The maximum Gasteiger partial charge on any atom is 0.0956 e. The normalized spacial score (nSPS) is 23.1. The summed E-state index contributed by atoms with van der Waals surface area (Å²) in [4.78, 5) is 6.91. The van der Waals surface area contributed by atoms with Gasteiger partial charge in [-0.2, -0.15) is 0 Å². The summed E-state index contributed by atoms with van der Waals surface area (Å²) in [6.07, 6.45) is 22.2. The number of hydrogen-bond donors (Lipinski definition) is 1.